The lowest BCUT2D eigenvalue weighted by molar-refractivity contribution is -0.137. The topological polar surface area (TPSA) is 75.6 Å². The molecule has 0 aliphatic heterocycles. The van der Waals surface area contributed by atoms with Gasteiger partial charge >= 0.3 is 5.97 Å². The lowest BCUT2D eigenvalue weighted by Crippen LogP contribution is -2.29. The van der Waals surface area contributed by atoms with Crippen molar-refractivity contribution in [1.82, 2.24) is 5.32 Å². The molecule has 0 aromatic heterocycles. The summed E-state index contributed by atoms with van der Waals surface area (Å²) < 4.78 is 5.44. The van der Waals surface area contributed by atoms with Gasteiger partial charge in [-0.25, -0.2) is 0 Å². The van der Waals surface area contributed by atoms with E-state index in [0.29, 0.717) is 13.0 Å². The van der Waals surface area contributed by atoms with Crippen molar-refractivity contribution in [2.24, 2.45) is 0 Å². The summed E-state index contributed by atoms with van der Waals surface area (Å²) in [6.45, 7) is 2.13. The van der Waals surface area contributed by atoms with Crippen LogP contribution in [0.3, 0.4) is 0 Å². The van der Waals surface area contributed by atoms with Gasteiger partial charge in [0.15, 0.2) is 0 Å². The van der Waals surface area contributed by atoms with Gasteiger partial charge in [-0.2, -0.15) is 0 Å². The summed E-state index contributed by atoms with van der Waals surface area (Å²) in [5.41, 5.74) is 0.949. The quantitative estimate of drug-likeness (QED) is 0.764. The first-order valence-corrected chi connectivity index (χ1v) is 5.82. The second-order valence-corrected chi connectivity index (χ2v) is 3.71. The van der Waals surface area contributed by atoms with Crippen LogP contribution in [0.2, 0.25) is 0 Å². The van der Waals surface area contributed by atoms with Crippen molar-refractivity contribution in [2.45, 2.75) is 19.8 Å². The van der Waals surface area contributed by atoms with Crippen LogP contribution >= 0.6 is 0 Å². The molecule has 0 fully saturated rings. The number of hydrogen-bond donors (Lipinski definition) is 2. The van der Waals surface area contributed by atoms with Crippen LogP contribution in [0.25, 0.3) is 0 Å². The number of benzene rings is 1. The number of aliphatic carboxylic acids is 1. The predicted octanol–water partition coefficient (Wildman–Crippen LogP) is 1.22. The first-order valence-electron chi connectivity index (χ1n) is 5.82. The minimum Gasteiger partial charge on any atom is -0.494 e. The number of carbonyl (C=O) groups excluding carboxylic acids is 1. The molecule has 5 heteroatoms. The number of ether oxygens (including phenoxy) is 1. The predicted molar refractivity (Wildman–Crippen MR) is 66.6 cm³/mol. The van der Waals surface area contributed by atoms with E-state index >= 15 is 0 Å². The zero-order chi connectivity index (χ0) is 13.4. The van der Waals surface area contributed by atoms with Crippen molar-refractivity contribution in [3.8, 4) is 5.75 Å². The summed E-state index contributed by atoms with van der Waals surface area (Å²) in [4.78, 5) is 21.7. The van der Waals surface area contributed by atoms with Crippen LogP contribution in [0.5, 0.6) is 5.75 Å². The molecule has 2 N–H and O–H groups in total. The number of rotatable bonds is 7. The molecule has 98 valence electrons. The van der Waals surface area contributed by atoms with E-state index in [4.69, 9.17) is 9.84 Å². The first kappa shape index (κ1) is 14.0. The summed E-state index contributed by atoms with van der Waals surface area (Å²) in [6.07, 6.45) is 0.777. The molecule has 1 aromatic rings. The second kappa shape index (κ2) is 7.32. The van der Waals surface area contributed by atoms with Crippen molar-refractivity contribution in [1.29, 1.82) is 0 Å². The highest BCUT2D eigenvalue weighted by molar-refractivity contribution is 5.81. The van der Waals surface area contributed by atoms with E-state index in [1.807, 2.05) is 31.2 Å². The number of amides is 1. The molecule has 5 nitrogen and oxygen atoms in total. The third-order valence-electron chi connectivity index (χ3n) is 2.33. The monoisotopic (exact) mass is 251 g/mol. The van der Waals surface area contributed by atoms with Crippen LogP contribution in [-0.2, 0) is 16.0 Å². The van der Waals surface area contributed by atoms with Gasteiger partial charge in [-0.15, -0.1) is 0 Å². The van der Waals surface area contributed by atoms with Gasteiger partial charge in [0.1, 0.15) is 12.3 Å². The van der Waals surface area contributed by atoms with Gasteiger partial charge in [-0.1, -0.05) is 18.2 Å². The molecule has 0 heterocycles. The van der Waals surface area contributed by atoms with E-state index in [1.165, 1.54) is 0 Å². The molecule has 0 aliphatic carbocycles. The largest absolute Gasteiger partial charge is 0.494 e. The van der Waals surface area contributed by atoms with Crippen LogP contribution in [0.1, 0.15) is 18.9 Å². The van der Waals surface area contributed by atoms with Gasteiger partial charge in [-0.05, 0) is 25.0 Å². The van der Waals surface area contributed by atoms with Crippen molar-refractivity contribution < 1.29 is 19.4 Å². The molecule has 0 radical (unpaired) electrons. The lowest BCUT2D eigenvalue weighted by atomic mass is 10.1. The summed E-state index contributed by atoms with van der Waals surface area (Å²) in [5, 5.41) is 10.8. The molecular weight excluding hydrogens is 234 g/mol. The number of carboxylic acid groups (broad SMARTS) is 1. The number of para-hydroxylation sites is 1. The fraction of sp³-hybridized carbons (Fsp3) is 0.385. The van der Waals surface area contributed by atoms with Crippen molar-refractivity contribution in [3.63, 3.8) is 0 Å². The van der Waals surface area contributed by atoms with Gasteiger partial charge in [0, 0.05) is 6.42 Å². The van der Waals surface area contributed by atoms with E-state index in [-0.39, 0.29) is 18.9 Å². The van der Waals surface area contributed by atoms with Crippen LogP contribution in [0.4, 0.5) is 0 Å². The Bertz CT molecular complexity index is 417. The lowest BCUT2D eigenvalue weighted by Gasteiger charge is -2.09. The molecule has 1 amide bonds. The third kappa shape index (κ3) is 4.86. The number of carboxylic acids is 1. The van der Waals surface area contributed by atoms with Gasteiger partial charge < -0.3 is 15.2 Å². The maximum Gasteiger partial charge on any atom is 0.322 e. The molecule has 0 saturated carbocycles. The molecular formula is C13H17NO4. The Kier molecular flexibility index (Phi) is 5.70. The highest BCUT2D eigenvalue weighted by Crippen LogP contribution is 2.19. The summed E-state index contributed by atoms with van der Waals surface area (Å²) in [6, 6.07) is 7.51. The highest BCUT2D eigenvalue weighted by atomic mass is 16.5. The van der Waals surface area contributed by atoms with Crippen LogP contribution in [0.15, 0.2) is 24.3 Å². The van der Waals surface area contributed by atoms with Gasteiger partial charge in [0.05, 0.1) is 6.61 Å². The number of aryl methyl sites for hydroxylation is 1. The van der Waals surface area contributed by atoms with Crippen LogP contribution < -0.4 is 10.1 Å². The fourth-order valence-corrected chi connectivity index (χ4v) is 1.52. The van der Waals surface area contributed by atoms with E-state index < -0.39 is 5.97 Å². The van der Waals surface area contributed by atoms with E-state index in [1.54, 1.807) is 0 Å². The smallest absolute Gasteiger partial charge is 0.322 e. The number of carbonyl (C=O) groups is 2. The number of nitrogens with one attached hydrogen (secondary N) is 1. The normalized spacial score (nSPS) is 9.83. The SMILES string of the molecule is CCOc1ccccc1CCC(=O)NCC(=O)O. The fourth-order valence-electron chi connectivity index (χ4n) is 1.52. The Hall–Kier alpha value is -2.04. The maximum absolute atomic E-state index is 11.4. The third-order valence-corrected chi connectivity index (χ3v) is 2.33. The zero-order valence-electron chi connectivity index (χ0n) is 10.3. The van der Waals surface area contributed by atoms with Crippen molar-refractivity contribution in [2.75, 3.05) is 13.2 Å². The van der Waals surface area contributed by atoms with Gasteiger partial charge in [0.25, 0.3) is 0 Å². The molecule has 0 bridgehead atoms. The molecule has 0 saturated heterocycles. The Labute approximate surface area is 106 Å². The number of hydrogen-bond acceptors (Lipinski definition) is 3. The van der Waals surface area contributed by atoms with Crippen molar-refractivity contribution >= 4 is 11.9 Å². The van der Waals surface area contributed by atoms with Gasteiger partial charge in [0.2, 0.25) is 5.91 Å². The van der Waals surface area contributed by atoms with E-state index in [2.05, 4.69) is 5.32 Å². The summed E-state index contributed by atoms with van der Waals surface area (Å²) >= 11 is 0. The Morgan fingerprint density at radius 3 is 2.72 bits per heavy atom. The second-order valence-electron chi connectivity index (χ2n) is 3.71. The van der Waals surface area contributed by atoms with Crippen LogP contribution in [-0.4, -0.2) is 30.1 Å². The van der Waals surface area contributed by atoms with Crippen molar-refractivity contribution in [3.05, 3.63) is 29.8 Å². The molecule has 0 atom stereocenters. The van der Waals surface area contributed by atoms with E-state index in [0.717, 1.165) is 11.3 Å². The molecule has 0 unspecified atom stereocenters. The van der Waals surface area contributed by atoms with Gasteiger partial charge in [-0.3, -0.25) is 9.59 Å². The summed E-state index contributed by atoms with van der Waals surface area (Å²) in [7, 11) is 0. The minimum absolute atomic E-state index is 0.247. The highest BCUT2D eigenvalue weighted by Gasteiger charge is 2.07. The molecule has 18 heavy (non-hydrogen) atoms. The Balaban J connectivity index is 2.47. The molecule has 0 aliphatic rings. The molecule has 1 rings (SSSR count). The zero-order valence-corrected chi connectivity index (χ0v) is 10.3. The maximum atomic E-state index is 11.4. The average Bonchev–Trinajstić information content (AvgIpc) is 2.35. The minimum atomic E-state index is -1.04. The average molecular weight is 251 g/mol. The Morgan fingerprint density at radius 1 is 1.33 bits per heavy atom. The molecule has 0 spiro atoms. The van der Waals surface area contributed by atoms with E-state index in [9.17, 15) is 9.59 Å². The first-order chi connectivity index (χ1) is 8.63. The van der Waals surface area contributed by atoms with Crippen LogP contribution in [0, 0.1) is 0 Å². The Morgan fingerprint density at radius 2 is 2.06 bits per heavy atom. The standard InChI is InChI=1S/C13H17NO4/c1-2-18-11-6-4-3-5-10(11)7-8-12(15)14-9-13(16)17/h3-6H,2,7-9H2,1H3,(H,14,15)(H,16,17). The molecule has 1 aromatic carbocycles. The summed E-state index contributed by atoms with van der Waals surface area (Å²) in [5.74, 6) is -0.548.